The van der Waals surface area contributed by atoms with Gasteiger partial charge >= 0.3 is 5.97 Å². The summed E-state index contributed by atoms with van der Waals surface area (Å²) in [6.45, 7) is 4.08. The summed E-state index contributed by atoms with van der Waals surface area (Å²) in [6.07, 6.45) is 4.12. The number of halogens is 1. The van der Waals surface area contributed by atoms with Crippen LogP contribution < -0.4 is 10.3 Å². The lowest BCUT2D eigenvalue weighted by molar-refractivity contribution is -0.141. The van der Waals surface area contributed by atoms with Gasteiger partial charge in [0.25, 0.3) is 5.56 Å². The molecule has 29 heavy (non-hydrogen) atoms. The van der Waals surface area contributed by atoms with Crippen molar-refractivity contribution in [1.29, 1.82) is 0 Å². The van der Waals surface area contributed by atoms with Crippen molar-refractivity contribution in [1.82, 2.24) is 9.55 Å². The first-order valence-corrected chi connectivity index (χ1v) is 9.40. The second-order valence-electron chi connectivity index (χ2n) is 6.87. The van der Waals surface area contributed by atoms with E-state index in [0.29, 0.717) is 16.3 Å². The second-order valence-corrected chi connectivity index (χ2v) is 7.31. The minimum Gasteiger partial charge on any atom is -0.495 e. The number of rotatable bonds is 7. The number of methoxy groups -OCH3 is 1. The Labute approximate surface area is 172 Å². The molecule has 3 aromatic rings. The van der Waals surface area contributed by atoms with E-state index in [-0.39, 0.29) is 18.2 Å². The van der Waals surface area contributed by atoms with Crippen molar-refractivity contribution in [3.63, 3.8) is 0 Å². The van der Waals surface area contributed by atoms with Gasteiger partial charge in [0, 0.05) is 16.7 Å². The number of aromatic nitrogens is 2. The Morgan fingerprint density at radius 2 is 2.07 bits per heavy atom. The maximum Gasteiger partial charge on any atom is 0.327 e. The highest BCUT2D eigenvalue weighted by atomic mass is 35.5. The van der Waals surface area contributed by atoms with E-state index in [0.717, 1.165) is 15.7 Å². The number of carboxylic acid groups (broad SMARTS) is 1. The summed E-state index contributed by atoms with van der Waals surface area (Å²) in [4.78, 5) is 28.7. The zero-order valence-electron chi connectivity index (χ0n) is 16.3. The molecule has 0 spiro atoms. The summed E-state index contributed by atoms with van der Waals surface area (Å²) in [5, 5.41) is 10.2. The lowest BCUT2D eigenvalue weighted by Crippen LogP contribution is -2.31. The van der Waals surface area contributed by atoms with Crippen LogP contribution in [0.4, 0.5) is 0 Å². The molecule has 3 rings (SSSR count). The fourth-order valence-electron chi connectivity index (χ4n) is 3.23. The Hall–Kier alpha value is -3.06. The zero-order valence-corrected chi connectivity index (χ0v) is 17.0. The smallest absolute Gasteiger partial charge is 0.327 e. The van der Waals surface area contributed by atoms with Crippen molar-refractivity contribution in [2.75, 3.05) is 7.11 Å². The summed E-state index contributed by atoms with van der Waals surface area (Å²) in [6, 6.07) is 5.68. The normalized spacial score (nSPS) is 12.2. The number of hydrogen-bond donors (Lipinski definition) is 1. The van der Waals surface area contributed by atoms with Crippen LogP contribution in [0.1, 0.15) is 37.3 Å². The molecule has 2 heterocycles. The summed E-state index contributed by atoms with van der Waals surface area (Å²) >= 11 is 6.19. The van der Waals surface area contributed by atoms with E-state index in [4.69, 9.17) is 20.8 Å². The molecule has 0 aliphatic heterocycles. The van der Waals surface area contributed by atoms with Crippen LogP contribution in [0.25, 0.3) is 11.1 Å². The van der Waals surface area contributed by atoms with E-state index < -0.39 is 17.6 Å². The van der Waals surface area contributed by atoms with Crippen LogP contribution in [0.15, 0.2) is 52.1 Å². The lowest BCUT2D eigenvalue weighted by atomic mass is 9.92. The molecule has 0 fully saturated rings. The van der Waals surface area contributed by atoms with Gasteiger partial charge in [-0.05, 0) is 29.2 Å². The first-order chi connectivity index (χ1) is 13.8. The van der Waals surface area contributed by atoms with Crippen LogP contribution in [0, 0.1) is 0 Å². The maximum absolute atomic E-state index is 12.9. The molecular formula is C21H21ClN2O5. The number of carbonyl (C=O) groups is 1. The van der Waals surface area contributed by atoms with E-state index in [9.17, 15) is 14.7 Å². The third kappa shape index (κ3) is 4.35. The number of carboxylic acids is 1. The highest BCUT2D eigenvalue weighted by molar-refractivity contribution is 6.30. The Balaban J connectivity index is 2.15. The van der Waals surface area contributed by atoms with E-state index in [1.807, 2.05) is 19.9 Å². The van der Waals surface area contributed by atoms with Gasteiger partial charge in [0.15, 0.2) is 5.89 Å². The molecule has 1 N–H and O–H groups in total. The van der Waals surface area contributed by atoms with Crippen LogP contribution in [-0.4, -0.2) is 27.7 Å². The van der Waals surface area contributed by atoms with Gasteiger partial charge in [0.05, 0.1) is 25.9 Å². The molecule has 0 aliphatic carbocycles. The minimum absolute atomic E-state index is 0.0703. The largest absolute Gasteiger partial charge is 0.495 e. The number of pyridine rings is 1. The first-order valence-electron chi connectivity index (χ1n) is 9.03. The number of hydrogen-bond acceptors (Lipinski definition) is 5. The molecule has 152 valence electrons. The molecule has 1 atom stereocenters. The average molecular weight is 417 g/mol. The molecule has 7 nitrogen and oxygen atoms in total. The van der Waals surface area contributed by atoms with Gasteiger partial charge in [0.2, 0.25) is 0 Å². The van der Waals surface area contributed by atoms with E-state index in [1.165, 1.54) is 31.8 Å². The van der Waals surface area contributed by atoms with Gasteiger partial charge < -0.3 is 14.3 Å². The molecular weight excluding hydrogens is 396 g/mol. The topological polar surface area (TPSA) is 94.6 Å². The van der Waals surface area contributed by atoms with Crippen LogP contribution in [0.5, 0.6) is 5.75 Å². The van der Waals surface area contributed by atoms with Gasteiger partial charge in [-0.15, -0.1) is 0 Å². The first kappa shape index (κ1) is 20.7. The number of aliphatic carboxylic acids is 1. The van der Waals surface area contributed by atoms with Gasteiger partial charge in [0.1, 0.15) is 18.1 Å². The summed E-state index contributed by atoms with van der Waals surface area (Å²) in [5.41, 5.74) is 1.85. The van der Waals surface area contributed by atoms with Crippen LogP contribution in [0.2, 0.25) is 5.02 Å². The fraction of sp³-hybridized carbons (Fsp3) is 0.286. The maximum atomic E-state index is 12.9. The number of benzene rings is 1. The third-order valence-electron chi connectivity index (χ3n) is 4.66. The molecule has 1 aromatic carbocycles. The SMILES string of the molecule is COc1cn(C(Cc2ncco2)C(=O)O)c(=O)cc1-c1cc(Cl)ccc1C(C)C. The van der Waals surface area contributed by atoms with Crippen molar-refractivity contribution in [3.8, 4) is 16.9 Å². The monoisotopic (exact) mass is 416 g/mol. The van der Waals surface area contributed by atoms with Crippen molar-refractivity contribution >= 4 is 17.6 Å². The number of oxazole rings is 1. The second kappa shape index (κ2) is 8.53. The number of ether oxygens (including phenoxy) is 1. The molecule has 0 bridgehead atoms. The van der Waals surface area contributed by atoms with E-state index in [2.05, 4.69) is 4.98 Å². The zero-order chi connectivity index (χ0) is 21.1. The van der Waals surface area contributed by atoms with Gasteiger partial charge in [-0.1, -0.05) is 31.5 Å². The van der Waals surface area contributed by atoms with Crippen molar-refractivity contribution in [3.05, 3.63) is 69.8 Å². The summed E-state index contributed by atoms with van der Waals surface area (Å²) in [7, 11) is 1.47. The van der Waals surface area contributed by atoms with Gasteiger partial charge in [-0.25, -0.2) is 9.78 Å². The fourth-order valence-corrected chi connectivity index (χ4v) is 3.41. The highest BCUT2D eigenvalue weighted by Gasteiger charge is 2.25. The summed E-state index contributed by atoms with van der Waals surface area (Å²) < 4.78 is 11.8. The predicted octanol–water partition coefficient (Wildman–Crippen LogP) is 4.16. The molecule has 0 saturated carbocycles. The van der Waals surface area contributed by atoms with E-state index >= 15 is 0 Å². The lowest BCUT2D eigenvalue weighted by Gasteiger charge is -2.19. The quantitative estimate of drug-likeness (QED) is 0.621. The summed E-state index contributed by atoms with van der Waals surface area (Å²) in [5.74, 6) is -0.395. The minimum atomic E-state index is -1.19. The Morgan fingerprint density at radius 1 is 1.31 bits per heavy atom. The molecule has 8 heteroatoms. The molecule has 2 aromatic heterocycles. The molecule has 0 amide bonds. The third-order valence-corrected chi connectivity index (χ3v) is 4.90. The highest BCUT2D eigenvalue weighted by Crippen LogP contribution is 2.36. The molecule has 0 saturated heterocycles. The van der Waals surface area contributed by atoms with Crippen molar-refractivity contribution in [2.24, 2.45) is 0 Å². The molecule has 1 unspecified atom stereocenters. The molecule has 0 radical (unpaired) electrons. The predicted molar refractivity (Wildman–Crippen MR) is 109 cm³/mol. The van der Waals surface area contributed by atoms with Gasteiger partial charge in [-0.2, -0.15) is 0 Å². The Morgan fingerprint density at radius 3 is 2.66 bits per heavy atom. The number of nitrogens with zero attached hydrogens (tertiary/aromatic N) is 2. The van der Waals surface area contributed by atoms with Crippen molar-refractivity contribution in [2.45, 2.75) is 32.2 Å². The van der Waals surface area contributed by atoms with Crippen LogP contribution in [0.3, 0.4) is 0 Å². The van der Waals surface area contributed by atoms with Gasteiger partial charge in [-0.3, -0.25) is 9.36 Å². The Bertz CT molecular complexity index is 1070. The standard InChI is InChI=1S/C21H21ClN2O5/c1-12(2)14-5-4-13(22)8-15(14)16-9-20(25)24(11-18(16)28-3)17(21(26)27)10-19-23-6-7-29-19/h4-9,11-12,17H,10H2,1-3H3,(H,26,27). The Kier molecular flexibility index (Phi) is 6.08. The van der Waals surface area contributed by atoms with Crippen LogP contribution in [-0.2, 0) is 11.2 Å². The average Bonchev–Trinajstić information content (AvgIpc) is 3.19. The van der Waals surface area contributed by atoms with Crippen LogP contribution >= 0.6 is 11.6 Å². The van der Waals surface area contributed by atoms with Crippen molar-refractivity contribution < 1.29 is 19.1 Å². The molecule has 0 aliphatic rings. The van der Waals surface area contributed by atoms with E-state index in [1.54, 1.807) is 12.1 Å².